The Morgan fingerprint density at radius 1 is 1.44 bits per heavy atom. The highest BCUT2D eigenvalue weighted by molar-refractivity contribution is 6.31. The summed E-state index contributed by atoms with van der Waals surface area (Å²) in [5.74, 6) is -0.850. The van der Waals surface area contributed by atoms with Crippen molar-refractivity contribution >= 4 is 17.6 Å². The van der Waals surface area contributed by atoms with Gasteiger partial charge in [-0.1, -0.05) is 16.8 Å². The van der Waals surface area contributed by atoms with Crippen LogP contribution in [0.25, 0.3) is 11.3 Å². The van der Waals surface area contributed by atoms with Crippen molar-refractivity contribution in [3.63, 3.8) is 0 Å². The number of ether oxygens (including phenoxy) is 1. The molecule has 2 aromatic rings. The van der Waals surface area contributed by atoms with Gasteiger partial charge in [-0.2, -0.15) is 0 Å². The van der Waals surface area contributed by atoms with Crippen LogP contribution in [0, 0.1) is 6.92 Å². The van der Waals surface area contributed by atoms with E-state index in [9.17, 15) is 4.79 Å². The van der Waals surface area contributed by atoms with Gasteiger partial charge in [0.15, 0.2) is 0 Å². The minimum atomic E-state index is -1.18. The zero-order valence-electron chi connectivity index (χ0n) is 9.73. The van der Waals surface area contributed by atoms with Crippen molar-refractivity contribution in [2.45, 2.75) is 6.92 Å². The molecule has 5 nitrogen and oxygen atoms in total. The molecule has 0 amide bonds. The van der Waals surface area contributed by atoms with Crippen molar-refractivity contribution in [3.8, 4) is 17.0 Å². The number of nitrogens with zero attached hydrogens (tertiary/aromatic N) is 1. The molecule has 1 heterocycles. The van der Waals surface area contributed by atoms with Gasteiger partial charge in [0, 0.05) is 16.7 Å². The van der Waals surface area contributed by atoms with Gasteiger partial charge in [0.2, 0.25) is 5.76 Å². The second kappa shape index (κ2) is 4.70. The molecule has 0 aliphatic heterocycles. The molecule has 6 heteroatoms. The maximum Gasteiger partial charge on any atom is 0.374 e. The van der Waals surface area contributed by atoms with Crippen LogP contribution in [0.15, 0.2) is 22.7 Å². The number of hydrogen-bond acceptors (Lipinski definition) is 4. The summed E-state index contributed by atoms with van der Waals surface area (Å²) in [7, 11) is 1.52. The van der Waals surface area contributed by atoms with Crippen LogP contribution in [0.3, 0.4) is 0 Å². The van der Waals surface area contributed by atoms with Gasteiger partial charge in [-0.05, 0) is 24.6 Å². The van der Waals surface area contributed by atoms with Gasteiger partial charge in [0.1, 0.15) is 11.4 Å². The molecule has 0 saturated carbocycles. The van der Waals surface area contributed by atoms with Crippen molar-refractivity contribution in [1.29, 1.82) is 0 Å². The molecule has 1 aromatic carbocycles. The minimum absolute atomic E-state index is 0.233. The normalized spacial score (nSPS) is 10.4. The SMILES string of the molecule is COc1cc(C)c(Cl)cc1-c1cc(C(=O)O)on1. The summed E-state index contributed by atoms with van der Waals surface area (Å²) in [6, 6.07) is 4.75. The summed E-state index contributed by atoms with van der Waals surface area (Å²) in [5.41, 5.74) is 1.81. The maximum absolute atomic E-state index is 10.7. The van der Waals surface area contributed by atoms with E-state index in [1.54, 1.807) is 12.1 Å². The number of methoxy groups -OCH3 is 1. The summed E-state index contributed by atoms with van der Waals surface area (Å²) >= 11 is 6.03. The number of carbonyl (C=O) groups is 1. The molecule has 18 heavy (non-hydrogen) atoms. The van der Waals surface area contributed by atoms with E-state index in [-0.39, 0.29) is 5.76 Å². The van der Waals surface area contributed by atoms with Crippen LogP contribution in [0.4, 0.5) is 0 Å². The lowest BCUT2D eigenvalue weighted by atomic mass is 10.1. The average molecular weight is 268 g/mol. The minimum Gasteiger partial charge on any atom is -0.496 e. The lowest BCUT2D eigenvalue weighted by Crippen LogP contribution is -1.92. The van der Waals surface area contributed by atoms with E-state index in [2.05, 4.69) is 5.16 Å². The topological polar surface area (TPSA) is 72.6 Å². The van der Waals surface area contributed by atoms with Gasteiger partial charge < -0.3 is 14.4 Å². The first-order valence-corrected chi connectivity index (χ1v) is 5.45. The fourth-order valence-corrected chi connectivity index (χ4v) is 1.69. The number of benzene rings is 1. The summed E-state index contributed by atoms with van der Waals surface area (Å²) in [4.78, 5) is 10.7. The standard InChI is InChI=1S/C12H10ClNO4/c1-6-3-10(17-2)7(4-8(6)13)9-5-11(12(15)16)18-14-9/h3-5H,1-2H3,(H,15,16). The third kappa shape index (κ3) is 2.17. The largest absolute Gasteiger partial charge is 0.496 e. The van der Waals surface area contributed by atoms with Gasteiger partial charge in [-0.15, -0.1) is 0 Å². The number of carboxylic acids is 1. The number of carboxylic acid groups (broad SMARTS) is 1. The predicted octanol–water partition coefficient (Wildman–Crippen LogP) is 3.01. The Bertz CT molecular complexity index is 606. The molecule has 0 unspecified atom stereocenters. The van der Waals surface area contributed by atoms with Gasteiger partial charge in [0.05, 0.1) is 7.11 Å². The maximum atomic E-state index is 10.7. The van der Waals surface area contributed by atoms with Crippen LogP contribution in [-0.4, -0.2) is 23.3 Å². The molecule has 0 aliphatic carbocycles. The van der Waals surface area contributed by atoms with Crippen molar-refractivity contribution < 1.29 is 19.2 Å². The lowest BCUT2D eigenvalue weighted by molar-refractivity contribution is 0.0652. The van der Waals surface area contributed by atoms with Crippen LogP contribution < -0.4 is 4.74 Å². The number of aromatic carboxylic acids is 1. The molecule has 0 fully saturated rings. The van der Waals surface area contributed by atoms with Crippen LogP contribution in [0.1, 0.15) is 16.1 Å². The van der Waals surface area contributed by atoms with Crippen molar-refractivity contribution in [1.82, 2.24) is 5.16 Å². The Kier molecular flexibility index (Phi) is 3.25. The summed E-state index contributed by atoms with van der Waals surface area (Å²) in [6.45, 7) is 1.85. The van der Waals surface area contributed by atoms with E-state index < -0.39 is 5.97 Å². The quantitative estimate of drug-likeness (QED) is 0.925. The molecular formula is C12H10ClNO4. The van der Waals surface area contributed by atoms with Crippen LogP contribution in [-0.2, 0) is 0 Å². The van der Waals surface area contributed by atoms with Gasteiger partial charge >= 0.3 is 5.97 Å². The molecule has 0 atom stereocenters. The number of halogens is 1. The fraction of sp³-hybridized carbons (Fsp3) is 0.167. The Morgan fingerprint density at radius 3 is 2.72 bits per heavy atom. The van der Waals surface area contributed by atoms with Crippen LogP contribution in [0.5, 0.6) is 5.75 Å². The first-order valence-electron chi connectivity index (χ1n) is 5.07. The van der Waals surface area contributed by atoms with Crippen LogP contribution >= 0.6 is 11.6 Å². The van der Waals surface area contributed by atoms with Crippen LogP contribution in [0.2, 0.25) is 5.02 Å². The molecule has 94 valence electrons. The monoisotopic (exact) mass is 267 g/mol. The fourth-order valence-electron chi connectivity index (χ4n) is 1.53. The summed E-state index contributed by atoms with van der Waals surface area (Å²) in [5, 5.41) is 13.0. The summed E-state index contributed by atoms with van der Waals surface area (Å²) in [6.07, 6.45) is 0. The molecule has 0 spiro atoms. The molecule has 1 aromatic heterocycles. The van der Waals surface area contributed by atoms with Crippen molar-refractivity contribution in [3.05, 3.63) is 34.5 Å². The lowest BCUT2D eigenvalue weighted by Gasteiger charge is -2.08. The summed E-state index contributed by atoms with van der Waals surface area (Å²) < 4.78 is 9.92. The second-order valence-corrected chi connectivity index (χ2v) is 4.09. The van der Waals surface area contributed by atoms with Crippen molar-refractivity contribution in [2.75, 3.05) is 7.11 Å². The molecule has 0 saturated heterocycles. The number of aromatic nitrogens is 1. The van der Waals surface area contributed by atoms with E-state index in [0.717, 1.165) is 5.56 Å². The number of rotatable bonds is 3. The van der Waals surface area contributed by atoms with E-state index >= 15 is 0 Å². The molecule has 2 rings (SSSR count). The third-order valence-corrected chi connectivity index (χ3v) is 2.88. The Labute approximate surface area is 108 Å². The van der Waals surface area contributed by atoms with Gasteiger partial charge in [-0.3, -0.25) is 0 Å². The average Bonchev–Trinajstić information content (AvgIpc) is 2.81. The van der Waals surface area contributed by atoms with E-state index in [1.165, 1.54) is 13.2 Å². The predicted molar refractivity (Wildman–Crippen MR) is 65.2 cm³/mol. The first-order chi connectivity index (χ1) is 8.52. The Hall–Kier alpha value is -2.01. The Morgan fingerprint density at radius 2 is 2.17 bits per heavy atom. The van der Waals surface area contributed by atoms with E-state index in [1.807, 2.05) is 6.92 Å². The van der Waals surface area contributed by atoms with E-state index in [0.29, 0.717) is 22.0 Å². The molecule has 0 bridgehead atoms. The van der Waals surface area contributed by atoms with Gasteiger partial charge in [-0.25, -0.2) is 4.79 Å². The molecule has 0 aliphatic rings. The highest BCUT2D eigenvalue weighted by atomic mass is 35.5. The molecular weight excluding hydrogens is 258 g/mol. The molecule has 1 N–H and O–H groups in total. The Balaban J connectivity index is 2.55. The molecule has 0 radical (unpaired) electrons. The highest BCUT2D eigenvalue weighted by Gasteiger charge is 2.16. The number of aryl methyl sites for hydroxylation is 1. The first kappa shape index (κ1) is 12.4. The smallest absolute Gasteiger partial charge is 0.374 e. The van der Waals surface area contributed by atoms with E-state index in [4.69, 9.17) is 26.0 Å². The third-order valence-electron chi connectivity index (χ3n) is 2.48. The van der Waals surface area contributed by atoms with Crippen molar-refractivity contribution in [2.24, 2.45) is 0 Å². The zero-order chi connectivity index (χ0) is 13.3. The second-order valence-electron chi connectivity index (χ2n) is 3.68. The van der Waals surface area contributed by atoms with Gasteiger partial charge in [0.25, 0.3) is 0 Å². The zero-order valence-corrected chi connectivity index (χ0v) is 10.5. The highest BCUT2D eigenvalue weighted by Crippen LogP contribution is 2.34. The number of hydrogen-bond donors (Lipinski definition) is 1.